The van der Waals surface area contributed by atoms with Gasteiger partial charge in [-0.1, -0.05) is 6.07 Å². The molecule has 1 heterocycles. The van der Waals surface area contributed by atoms with E-state index in [9.17, 15) is 0 Å². The van der Waals surface area contributed by atoms with Gasteiger partial charge in [0.2, 0.25) is 0 Å². The summed E-state index contributed by atoms with van der Waals surface area (Å²) < 4.78 is 1.90. The number of benzene rings is 1. The zero-order valence-electron chi connectivity index (χ0n) is 10.3. The van der Waals surface area contributed by atoms with Crippen LogP contribution in [-0.4, -0.2) is 16.0 Å². The first-order valence-electron chi connectivity index (χ1n) is 5.59. The number of anilines is 1. The zero-order valence-corrected chi connectivity index (χ0v) is 11.2. The fourth-order valence-corrected chi connectivity index (χ4v) is 2.31. The van der Waals surface area contributed by atoms with Crippen molar-refractivity contribution in [3.63, 3.8) is 0 Å². The lowest BCUT2D eigenvalue weighted by molar-refractivity contribution is 0.675. The largest absolute Gasteiger partial charge is 0.377 e. The van der Waals surface area contributed by atoms with E-state index >= 15 is 0 Å². The molecular formula is C13H17N3S. The molecule has 2 aromatic rings. The molecule has 0 saturated carbocycles. The van der Waals surface area contributed by atoms with E-state index in [1.165, 1.54) is 10.6 Å². The van der Waals surface area contributed by atoms with Crippen LogP contribution in [0.2, 0.25) is 0 Å². The van der Waals surface area contributed by atoms with Gasteiger partial charge in [-0.2, -0.15) is 5.10 Å². The predicted molar refractivity (Wildman–Crippen MR) is 73.5 cm³/mol. The summed E-state index contributed by atoms with van der Waals surface area (Å²) in [6, 6.07) is 10.7. The van der Waals surface area contributed by atoms with Gasteiger partial charge in [-0.25, -0.2) is 0 Å². The van der Waals surface area contributed by atoms with Crippen molar-refractivity contribution in [2.75, 3.05) is 11.6 Å². The minimum atomic E-state index is 0.250. The molecule has 0 aliphatic rings. The van der Waals surface area contributed by atoms with Crippen molar-refractivity contribution in [1.29, 1.82) is 0 Å². The van der Waals surface area contributed by atoms with Crippen molar-refractivity contribution >= 4 is 17.4 Å². The number of hydrogen-bond acceptors (Lipinski definition) is 3. The van der Waals surface area contributed by atoms with Crippen molar-refractivity contribution in [3.05, 3.63) is 42.2 Å². The van der Waals surface area contributed by atoms with Gasteiger partial charge in [0.25, 0.3) is 0 Å². The van der Waals surface area contributed by atoms with Crippen LogP contribution in [0.5, 0.6) is 0 Å². The molecule has 1 atom stereocenters. The molecule has 3 nitrogen and oxygen atoms in total. The summed E-state index contributed by atoms with van der Waals surface area (Å²) in [6.07, 6.45) is 3.91. The highest BCUT2D eigenvalue weighted by Gasteiger charge is 2.08. The Hall–Kier alpha value is -1.42. The van der Waals surface area contributed by atoms with Crippen molar-refractivity contribution in [3.8, 4) is 0 Å². The molecule has 0 aliphatic carbocycles. The minimum absolute atomic E-state index is 0.250. The van der Waals surface area contributed by atoms with Gasteiger partial charge in [-0.05, 0) is 37.4 Å². The Morgan fingerprint density at radius 1 is 1.35 bits per heavy atom. The molecule has 1 N–H and O–H groups in total. The van der Waals surface area contributed by atoms with E-state index in [4.69, 9.17) is 0 Å². The standard InChI is InChI=1S/C13H17N3S/c1-10(13-7-8-14-16(13)2)15-11-5-4-6-12(9-11)17-3/h4-10,15H,1-3H3. The Morgan fingerprint density at radius 2 is 2.18 bits per heavy atom. The van der Waals surface area contributed by atoms with Crippen LogP contribution in [0.4, 0.5) is 5.69 Å². The predicted octanol–water partition coefficient (Wildman–Crippen LogP) is 3.32. The lowest BCUT2D eigenvalue weighted by Gasteiger charge is -2.16. The Labute approximate surface area is 106 Å². The van der Waals surface area contributed by atoms with Crippen molar-refractivity contribution in [1.82, 2.24) is 9.78 Å². The third-order valence-electron chi connectivity index (χ3n) is 2.76. The molecule has 0 bridgehead atoms. The van der Waals surface area contributed by atoms with Crippen LogP contribution >= 0.6 is 11.8 Å². The molecule has 1 aromatic carbocycles. The van der Waals surface area contributed by atoms with Gasteiger partial charge in [0.15, 0.2) is 0 Å². The van der Waals surface area contributed by atoms with Gasteiger partial charge >= 0.3 is 0 Å². The molecule has 4 heteroatoms. The molecule has 0 spiro atoms. The second-order valence-corrected chi connectivity index (χ2v) is 4.86. The SMILES string of the molecule is CSc1cccc(NC(C)c2ccnn2C)c1. The molecule has 0 amide bonds. The summed E-state index contributed by atoms with van der Waals surface area (Å²) in [5, 5.41) is 7.67. The Bertz CT molecular complexity index is 493. The number of hydrogen-bond donors (Lipinski definition) is 1. The van der Waals surface area contributed by atoms with Crippen LogP contribution in [0.15, 0.2) is 41.4 Å². The van der Waals surface area contributed by atoms with E-state index in [1.54, 1.807) is 11.8 Å². The molecule has 90 valence electrons. The van der Waals surface area contributed by atoms with Crippen LogP contribution in [-0.2, 0) is 7.05 Å². The highest BCUT2D eigenvalue weighted by atomic mass is 32.2. The van der Waals surface area contributed by atoms with Gasteiger partial charge < -0.3 is 5.32 Å². The zero-order chi connectivity index (χ0) is 12.3. The molecule has 2 rings (SSSR count). The summed E-state index contributed by atoms with van der Waals surface area (Å²) in [6.45, 7) is 2.14. The van der Waals surface area contributed by atoms with Crippen LogP contribution in [0.1, 0.15) is 18.7 Å². The molecule has 0 radical (unpaired) electrons. The summed E-state index contributed by atoms with van der Waals surface area (Å²) in [7, 11) is 1.96. The first-order chi connectivity index (χ1) is 8.20. The fourth-order valence-electron chi connectivity index (χ4n) is 1.85. The number of nitrogens with zero attached hydrogens (tertiary/aromatic N) is 2. The minimum Gasteiger partial charge on any atom is -0.377 e. The average molecular weight is 247 g/mol. The van der Waals surface area contributed by atoms with Crippen LogP contribution in [0.3, 0.4) is 0 Å². The van der Waals surface area contributed by atoms with Crippen molar-refractivity contribution in [2.45, 2.75) is 17.9 Å². The van der Waals surface area contributed by atoms with Crippen molar-refractivity contribution < 1.29 is 0 Å². The van der Waals surface area contributed by atoms with E-state index in [0.29, 0.717) is 0 Å². The molecule has 1 unspecified atom stereocenters. The first kappa shape index (κ1) is 12.0. The number of rotatable bonds is 4. The molecular weight excluding hydrogens is 230 g/mol. The van der Waals surface area contributed by atoms with Gasteiger partial charge in [0.1, 0.15) is 0 Å². The maximum Gasteiger partial charge on any atom is 0.0653 e. The second kappa shape index (κ2) is 5.27. The second-order valence-electron chi connectivity index (χ2n) is 3.98. The van der Waals surface area contributed by atoms with Crippen LogP contribution < -0.4 is 5.32 Å². The summed E-state index contributed by atoms with van der Waals surface area (Å²) in [4.78, 5) is 1.27. The lowest BCUT2D eigenvalue weighted by atomic mass is 10.2. The van der Waals surface area contributed by atoms with Gasteiger partial charge in [-0.15, -0.1) is 11.8 Å². The van der Waals surface area contributed by atoms with E-state index < -0.39 is 0 Å². The van der Waals surface area contributed by atoms with Gasteiger partial charge in [-0.3, -0.25) is 4.68 Å². The normalized spacial score (nSPS) is 12.4. The fraction of sp³-hybridized carbons (Fsp3) is 0.308. The average Bonchev–Trinajstić information content (AvgIpc) is 2.76. The molecule has 1 aromatic heterocycles. The van der Waals surface area contributed by atoms with Crippen molar-refractivity contribution in [2.24, 2.45) is 7.05 Å². The summed E-state index contributed by atoms with van der Waals surface area (Å²) in [5.41, 5.74) is 2.32. The van der Waals surface area contributed by atoms with E-state index in [-0.39, 0.29) is 6.04 Å². The maximum absolute atomic E-state index is 4.19. The van der Waals surface area contributed by atoms with Crippen LogP contribution in [0, 0.1) is 0 Å². The van der Waals surface area contributed by atoms with Gasteiger partial charge in [0.05, 0.1) is 11.7 Å². The third kappa shape index (κ3) is 2.82. The Morgan fingerprint density at radius 3 is 2.82 bits per heavy atom. The van der Waals surface area contributed by atoms with E-state index in [0.717, 1.165) is 5.69 Å². The third-order valence-corrected chi connectivity index (χ3v) is 3.48. The molecule has 17 heavy (non-hydrogen) atoms. The number of thioether (sulfide) groups is 1. The number of aromatic nitrogens is 2. The quantitative estimate of drug-likeness (QED) is 0.841. The van der Waals surface area contributed by atoms with Gasteiger partial charge in [0, 0.05) is 23.8 Å². The highest BCUT2D eigenvalue weighted by molar-refractivity contribution is 7.98. The Balaban J connectivity index is 2.13. The molecule has 0 fully saturated rings. The van der Waals surface area contributed by atoms with E-state index in [2.05, 4.69) is 47.9 Å². The maximum atomic E-state index is 4.19. The Kier molecular flexibility index (Phi) is 3.74. The summed E-state index contributed by atoms with van der Waals surface area (Å²) >= 11 is 1.75. The highest BCUT2D eigenvalue weighted by Crippen LogP contribution is 2.22. The summed E-state index contributed by atoms with van der Waals surface area (Å²) in [5.74, 6) is 0. The topological polar surface area (TPSA) is 29.9 Å². The number of nitrogens with one attached hydrogen (secondary N) is 1. The smallest absolute Gasteiger partial charge is 0.0653 e. The van der Waals surface area contributed by atoms with Crippen LogP contribution in [0.25, 0.3) is 0 Å². The van der Waals surface area contributed by atoms with E-state index in [1.807, 2.05) is 24.0 Å². The molecule has 0 saturated heterocycles. The first-order valence-corrected chi connectivity index (χ1v) is 6.81. The number of aryl methyl sites for hydroxylation is 1. The lowest BCUT2D eigenvalue weighted by Crippen LogP contribution is -2.11. The monoisotopic (exact) mass is 247 g/mol. The molecule has 0 aliphatic heterocycles.